The molecule has 0 bridgehead atoms. The fraction of sp³-hybridized carbons (Fsp3) is 0.368. The molecule has 0 spiro atoms. The molecule has 1 atom stereocenters. The highest BCUT2D eigenvalue weighted by Crippen LogP contribution is 2.24. The summed E-state index contributed by atoms with van der Waals surface area (Å²) >= 11 is 1.28. The standard InChI is InChI=1S/C19H23N5O2S/c1-5-23-18(26)14-8-6-7-9-15(14)21-19(23)27-13(4)17(25)22-16-10-11-20-24(16)12(2)3/h6-13H,5H2,1-4H3,(H,22,25). The van der Waals surface area contributed by atoms with Crippen LogP contribution in [0.2, 0.25) is 0 Å². The highest BCUT2D eigenvalue weighted by Gasteiger charge is 2.20. The van der Waals surface area contributed by atoms with Crippen molar-refractivity contribution in [2.24, 2.45) is 0 Å². The molecule has 7 nitrogen and oxygen atoms in total. The predicted molar refractivity (Wildman–Crippen MR) is 108 cm³/mol. The van der Waals surface area contributed by atoms with E-state index >= 15 is 0 Å². The lowest BCUT2D eigenvalue weighted by Crippen LogP contribution is -2.27. The molecule has 1 aromatic carbocycles. The maximum Gasteiger partial charge on any atom is 0.262 e. The van der Waals surface area contributed by atoms with E-state index in [9.17, 15) is 9.59 Å². The van der Waals surface area contributed by atoms with E-state index in [4.69, 9.17) is 0 Å². The lowest BCUT2D eigenvalue weighted by molar-refractivity contribution is -0.115. The van der Waals surface area contributed by atoms with Crippen LogP contribution >= 0.6 is 11.8 Å². The zero-order chi connectivity index (χ0) is 19.6. The van der Waals surface area contributed by atoms with Crippen LogP contribution in [0.4, 0.5) is 5.82 Å². The Bertz CT molecular complexity index is 1020. The average molecular weight is 385 g/mol. The third-order valence-corrected chi connectivity index (χ3v) is 5.30. The molecule has 0 saturated heterocycles. The van der Waals surface area contributed by atoms with Crippen LogP contribution in [0.15, 0.2) is 46.5 Å². The van der Waals surface area contributed by atoms with Crippen molar-refractivity contribution in [1.29, 1.82) is 0 Å². The van der Waals surface area contributed by atoms with Crippen LogP contribution < -0.4 is 10.9 Å². The molecule has 142 valence electrons. The smallest absolute Gasteiger partial charge is 0.262 e. The third-order valence-electron chi connectivity index (χ3n) is 4.20. The van der Waals surface area contributed by atoms with Gasteiger partial charge in [-0.25, -0.2) is 9.67 Å². The molecule has 0 radical (unpaired) electrons. The molecule has 0 saturated carbocycles. The van der Waals surface area contributed by atoms with Crippen LogP contribution in [0.25, 0.3) is 10.9 Å². The Kier molecular flexibility index (Phi) is 5.65. The molecule has 3 aromatic rings. The fourth-order valence-electron chi connectivity index (χ4n) is 2.78. The maximum absolute atomic E-state index is 12.7. The number of amides is 1. The number of aromatic nitrogens is 4. The minimum Gasteiger partial charge on any atom is -0.310 e. The summed E-state index contributed by atoms with van der Waals surface area (Å²) in [6.07, 6.45) is 1.66. The first kappa shape index (κ1) is 19.2. The number of para-hydroxylation sites is 1. The van der Waals surface area contributed by atoms with Gasteiger partial charge in [-0.2, -0.15) is 5.10 Å². The van der Waals surface area contributed by atoms with E-state index in [2.05, 4.69) is 15.4 Å². The molecule has 27 heavy (non-hydrogen) atoms. The van der Waals surface area contributed by atoms with Crippen molar-refractivity contribution in [2.45, 2.75) is 50.7 Å². The second kappa shape index (κ2) is 7.96. The van der Waals surface area contributed by atoms with Crippen LogP contribution in [-0.2, 0) is 11.3 Å². The van der Waals surface area contributed by atoms with Crippen LogP contribution in [0, 0.1) is 0 Å². The van der Waals surface area contributed by atoms with Gasteiger partial charge in [-0.1, -0.05) is 23.9 Å². The third kappa shape index (κ3) is 3.90. The van der Waals surface area contributed by atoms with Crippen molar-refractivity contribution in [3.05, 3.63) is 46.9 Å². The Balaban J connectivity index is 1.85. The highest BCUT2D eigenvalue weighted by atomic mass is 32.2. The number of benzene rings is 1. The van der Waals surface area contributed by atoms with Gasteiger partial charge in [0.1, 0.15) is 5.82 Å². The molecule has 0 aliphatic carbocycles. The van der Waals surface area contributed by atoms with Gasteiger partial charge in [-0.3, -0.25) is 14.2 Å². The quantitative estimate of drug-likeness (QED) is 0.520. The number of carbonyl (C=O) groups is 1. The number of hydrogen-bond donors (Lipinski definition) is 1. The topological polar surface area (TPSA) is 81.8 Å². The van der Waals surface area contributed by atoms with Crippen molar-refractivity contribution < 1.29 is 4.79 Å². The first-order valence-corrected chi connectivity index (χ1v) is 9.81. The lowest BCUT2D eigenvalue weighted by Gasteiger charge is -2.16. The molecule has 3 rings (SSSR count). The maximum atomic E-state index is 12.7. The molecular weight excluding hydrogens is 362 g/mol. The van der Waals surface area contributed by atoms with Gasteiger partial charge in [0, 0.05) is 18.7 Å². The summed E-state index contributed by atoms with van der Waals surface area (Å²) < 4.78 is 3.36. The first-order chi connectivity index (χ1) is 12.9. The first-order valence-electron chi connectivity index (χ1n) is 8.93. The number of nitrogens with one attached hydrogen (secondary N) is 1. The minimum atomic E-state index is -0.425. The van der Waals surface area contributed by atoms with Gasteiger partial charge in [0.05, 0.1) is 22.3 Å². The minimum absolute atomic E-state index is 0.0870. The zero-order valence-electron chi connectivity index (χ0n) is 15.8. The van der Waals surface area contributed by atoms with Crippen molar-refractivity contribution in [2.75, 3.05) is 5.32 Å². The normalized spacial score (nSPS) is 12.5. The van der Waals surface area contributed by atoms with Gasteiger partial charge in [0.2, 0.25) is 5.91 Å². The predicted octanol–water partition coefficient (Wildman–Crippen LogP) is 3.31. The average Bonchev–Trinajstić information content (AvgIpc) is 3.10. The number of carbonyl (C=O) groups excluding carboxylic acids is 1. The molecule has 1 unspecified atom stereocenters. The van der Waals surface area contributed by atoms with E-state index in [1.807, 2.05) is 39.0 Å². The summed E-state index contributed by atoms with van der Waals surface area (Å²) in [5.41, 5.74) is 0.552. The van der Waals surface area contributed by atoms with Crippen molar-refractivity contribution >= 4 is 34.4 Å². The number of rotatable bonds is 6. The van der Waals surface area contributed by atoms with Crippen molar-refractivity contribution in [1.82, 2.24) is 19.3 Å². The van der Waals surface area contributed by atoms with Gasteiger partial charge >= 0.3 is 0 Å². The monoisotopic (exact) mass is 385 g/mol. The SMILES string of the molecule is CCn1c(SC(C)C(=O)Nc2ccnn2C(C)C)nc2ccccc2c1=O. The number of anilines is 1. The van der Waals surface area contributed by atoms with Crippen molar-refractivity contribution in [3.63, 3.8) is 0 Å². The zero-order valence-corrected chi connectivity index (χ0v) is 16.7. The van der Waals surface area contributed by atoms with Gasteiger partial charge in [0.25, 0.3) is 5.56 Å². The lowest BCUT2D eigenvalue weighted by atomic mass is 10.2. The summed E-state index contributed by atoms with van der Waals surface area (Å²) in [4.78, 5) is 30.0. The summed E-state index contributed by atoms with van der Waals surface area (Å²) in [6, 6.07) is 9.17. The number of thioether (sulfide) groups is 1. The van der Waals surface area contributed by atoms with Crippen LogP contribution in [0.3, 0.4) is 0 Å². The fourth-order valence-corrected chi connectivity index (χ4v) is 3.75. The van der Waals surface area contributed by atoms with Crippen LogP contribution in [0.1, 0.15) is 33.7 Å². The molecule has 0 aliphatic heterocycles. The number of fused-ring (bicyclic) bond motifs is 1. The summed E-state index contributed by atoms with van der Waals surface area (Å²) in [5, 5.41) is 7.83. The number of hydrogen-bond acceptors (Lipinski definition) is 5. The van der Waals surface area contributed by atoms with Crippen molar-refractivity contribution in [3.8, 4) is 0 Å². The Morgan fingerprint density at radius 3 is 2.67 bits per heavy atom. The molecule has 8 heteroatoms. The van der Waals surface area contributed by atoms with E-state index in [0.29, 0.717) is 28.4 Å². The molecule has 2 aromatic heterocycles. The molecular formula is C19H23N5O2S. The van der Waals surface area contributed by atoms with Gasteiger partial charge in [-0.15, -0.1) is 0 Å². The van der Waals surface area contributed by atoms with Crippen LogP contribution in [-0.4, -0.2) is 30.5 Å². The van der Waals surface area contributed by atoms with Gasteiger partial charge in [-0.05, 0) is 39.8 Å². The Labute approximate surface area is 161 Å². The molecule has 0 aliphatic rings. The summed E-state index contributed by atoms with van der Waals surface area (Å²) in [5.74, 6) is 0.495. The molecule has 1 amide bonds. The second-order valence-electron chi connectivity index (χ2n) is 6.47. The van der Waals surface area contributed by atoms with E-state index in [0.717, 1.165) is 0 Å². The molecule has 0 fully saturated rings. The summed E-state index contributed by atoms with van der Waals surface area (Å²) in [6.45, 7) is 8.19. The Hall–Kier alpha value is -2.61. The molecule has 2 heterocycles. The Morgan fingerprint density at radius 2 is 1.96 bits per heavy atom. The Morgan fingerprint density at radius 1 is 1.22 bits per heavy atom. The van der Waals surface area contributed by atoms with Gasteiger partial charge in [0.15, 0.2) is 5.16 Å². The number of nitrogens with zero attached hydrogens (tertiary/aromatic N) is 4. The largest absolute Gasteiger partial charge is 0.310 e. The van der Waals surface area contributed by atoms with Crippen LogP contribution in [0.5, 0.6) is 0 Å². The second-order valence-corrected chi connectivity index (χ2v) is 7.77. The highest BCUT2D eigenvalue weighted by molar-refractivity contribution is 8.00. The van der Waals surface area contributed by atoms with Gasteiger partial charge < -0.3 is 5.32 Å². The van der Waals surface area contributed by atoms with E-state index in [1.54, 1.807) is 34.5 Å². The van der Waals surface area contributed by atoms with E-state index < -0.39 is 5.25 Å². The van der Waals surface area contributed by atoms with E-state index in [1.165, 1.54) is 11.8 Å². The van der Waals surface area contributed by atoms with E-state index in [-0.39, 0.29) is 17.5 Å². The molecule has 1 N–H and O–H groups in total. The summed E-state index contributed by atoms with van der Waals surface area (Å²) in [7, 11) is 0.